The summed E-state index contributed by atoms with van der Waals surface area (Å²) >= 11 is 0. The van der Waals surface area contributed by atoms with Gasteiger partial charge >= 0.3 is 8.25 Å². The zero-order chi connectivity index (χ0) is 8.10. The maximum Gasteiger partial charge on any atom is 0.747 e. The Morgan fingerprint density at radius 2 is 2.27 bits per heavy atom. The predicted octanol–water partition coefficient (Wildman–Crippen LogP) is 2.50. The first-order valence-electron chi connectivity index (χ1n) is 3.82. The van der Waals surface area contributed by atoms with Crippen molar-refractivity contribution < 1.29 is 14.0 Å². The first-order chi connectivity index (χ1) is 5.29. The third-order valence-electron chi connectivity index (χ3n) is 1.69. The Morgan fingerprint density at radius 3 is 3.00 bits per heavy atom. The van der Waals surface area contributed by atoms with Gasteiger partial charge < -0.3 is 0 Å². The highest BCUT2D eigenvalue weighted by Crippen LogP contribution is 2.26. The average molecular weight is 175 g/mol. The minimum absolute atomic E-state index is 0.686. The van der Waals surface area contributed by atoms with Gasteiger partial charge in [0.05, 0.1) is 0 Å². The Hall–Kier alpha value is -0.400. The monoisotopic (exact) mass is 175 g/mol. The summed E-state index contributed by atoms with van der Waals surface area (Å²) in [5.41, 5.74) is 0. The first kappa shape index (κ1) is 8.69. The molecule has 0 saturated heterocycles. The molecule has 0 radical (unpaired) electrons. The fraction of sp³-hybridized carbons (Fsp3) is 0.714. The fourth-order valence-corrected chi connectivity index (χ4v) is 1.54. The third-order valence-corrected chi connectivity index (χ3v) is 2.09. The maximum absolute atomic E-state index is 10.3. The second-order valence-electron chi connectivity index (χ2n) is 2.60. The van der Waals surface area contributed by atoms with Crippen LogP contribution in [0.5, 0.6) is 0 Å². The van der Waals surface area contributed by atoms with Crippen molar-refractivity contribution in [2.45, 2.75) is 32.1 Å². The van der Waals surface area contributed by atoms with Crippen molar-refractivity contribution in [2.24, 2.45) is 0 Å². The van der Waals surface area contributed by atoms with Crippen molar-refractivity contribution in [3.8, 4) is 0 Å². The molecule has 1 aliphatic rings. The molecule has 0 aromatic heterocycles. The van der Waals surface area contributed by atoms with E-state index in [0.29, 0.717) is 5.76 Å². The predicted molar refractivity (Wildman–Crippen MR) is 42.1 cm³/mol. The number of hydrogen-bond donors (Lipinski definition) is 1. The van der Waals surface area contributed by atoms with Gasteiger partial charge in [-0.05, 0) is 25.3 Å². The summed E-state index contributed by atoms with van der Waals surface area (Å²) in [7, 11) is -2.45. The van der Waals surface area contributed by atoms with Gasteiger partial charge in [0.2, 0.25) is 0 Å². The standard InChI is InChI=1S/C7H11O3P/c8-11(9)10-7-5-3-1-2-4-6-7/h5H,1-4,6H2/p+1. The minimum Gasteiger partial charge on any atom is -0.234 e. The lowest BCUT2D eigenvalue weighted by Crippen LogP contribution is -1.82. The Bertz CT molecular complexity index is 177. The van der Waals surface area contributed by atoms with E-state index < -0.39 is 8.25 Å². The first-order valence-corrected chi connectivity index (χ1v) is 4.95. The van der Waals surface area contributed by atoms with Crippen LogP contribution in [0, 0.1) is 0 Å². The van der Waals surface area contributed by atoms with Crippen molar-refractivity contribution in [1.82, 2.24) is 0 Å². The fourth-order valence-electron chi connectivity index (χ4n) is 1.17. The van der Waals surface area contributed by atoms with Crippen LogP contribution in [-0.2, 0) is 9.09 Å². The van der Waals surface area contributed by atoms with Crippen LogP contribution in [0.15, 0.2) is 11.8 Å². The molecule has 0 amide bonds. The summed E-state index contributed by atoms with van der Waals surface area (Å²) in [6.07, 6.45) is 7.10. The lowest BCUT2D eigenvalue weighted by atomic mass is 10.2. The van der Waals surface area contributed by atoms with E-state index in [-0.39, 0.29) is 0 Å². The maximum atomic E-state index is 10.3. The summed E-state index contributed by atoms with van der Waals surface area (Å²) in [6.45, 7) is 0. The molecule has 1 unspecified atom stereocenters. The summed E-state index contributed by atoms with van der Waals surface area (Å²) in [4.78, 5) is 8.44. The lowest BCUT2D eigenvalue weighted by molar-refractivity contribution is 0.339. The largest absolute Gasteiger partial charge is 0.747 e. The Morgan fingerprint density at radius 1 is 1.45 bits per heavy atom. The zero-order valence-corrected chi connectivity index (χ0v) is 7.22. The molecule has 0 saturated carbocycles. The summed E-state index contributed by atoms with van der Waals surface area (Å²) < 4.78 is 15.0. The molecule has 0 spiro atoms. The highest BCUT2D eigenvalue weighted by atomic mass is 31.1. The van der Waals surface area contributed by atoms with Gasteiger partial charge in [0, 0.05) is 11.0 Å². The van der Waals surface area contributed by atoms with E-state index in [4.69, 9.17) is 9.42 Å². The van der Waals surface area contributed by atoms with Gasteiger partial charge in [0.25, 0.3) is 0 Å². The molecule has 1 rings (SSSR count). The highest BCUT2D eigenvalue weighted by Gasteiger charge is 2.17. The molecule has 62 valence electrons. The topological polar surface area (TPSA) is 46.5 Å². The highest BCUT2D eigenvalue weighted by molar-refractivity contribution is 7.32. The van der Waals surface area contributed by atoms with E-state index in [0.717, 1.165) is 25.7 Å². The van der Waals surface area contributed by atoms with Crippen molar-refractivity contribution >= 4 is 8.25 Å². The van der Waals surface area contributed by atoms with Crippen LogP contribution in [0.3, 0.4) is 0 Å². The van der Waals surface area contributed by atoms with Crippen LogP contribution in [-0.4, -0.2) is 4.89 Å². The molecule has 1 aliphatic carbocycles. The quantitative estimate of drug-likeness (QED) is 0.656. The van der Waals surface area contributed by atoms with Gasteiger partial charge in [-0.25, -0.2) is 4.52 Å². The number of allylic oxidation sites excluding steroid dienone is 2. The summed E-state index contributed by atoms with van der Waals surface area (Å²) in [5.74, 6) is 0.686. The Kier molecular flexibility index (Phi) is 3.53. The van der Waals surface area contributed by atoms with Gasteiger partial charge in [-0.15, -0.1) is 4.89 Å². The van der Waals surface area contributed by atoms with E-state index in [9.17, 15) is 4.57 Å². The normalized spacial score (nSPS) is 20.1. The molecule has 1 atom stereocenters. The molecule has 11 heavy (non-hydrogen) atoms. The van der Waals surface area contributed by atoms with Gasteiger partial charge in [-0.1, -0.05) is 6.42 Å². The Balaban J connectivity index is 2.40. The zero-order valence-electron chi connectivity index (χ0n) is 6.32. The average Bonchev–Trinajstić information content (AvgIpc) is 2.14. The van der Waals surface area contributed by atoms with E-state index in [2.05, 4.69) is 0 Å². The van der Waals surface area contributed by atoms with Crippen LogP contribution in [0.4, 0.5) is 0 Å². The van der Waals surface area contributed by atoms with Gasteiger partial charge in [-0.3, -0.25) is 0 Å². The number of rotatable bonds is 2. The third kappa shape index (κ3) is 3.49. The SMILES string of the molecule is O=[P+](O)OC1=CCCCCC1. The van der Waals surface area contributed by atoms with Crippen LogP contribution in [0.25, 0.3) is 0 Å². The van der Waals surface area contributed by atoms with Crippen molar-refractivity contribution in [1.29, 1.82) is 0 Å². The summed E-state index contributed by atoms with van der Waals surface area (Å²) in [5, 5.41) is 0. The molecule has 1 N–H and O–H groups in total. The second-order valence-corrected chi connectivity index (χ2v) is 3.26. The smallest absolute Gasteiger partial charge is 0.234 e. The molecule has 0 fully saturated rings. The van der Waals surface area contributed by atoms with Crippen molar-refractivity contribution in [3.05, 3.63) is 11.8 Å². The van der Waals surface area contributed by atoms with E-state index >= 15 is 0 Å². The van der Waals surface area contributed by atoms with Crippen LogP contribution >= 0.6 is 8.25 Å². The number of hydrogen-bond acceptors (Lipinski definition) is 2. The van der Waals surface area contributed by atoms with Crippen LogP contribution in [0.2, 0.25) is 0 Å². The lowest BCUT2D eigenvalue weighted by Gasteiger charge is -1.92. The Labute approximate surface area is 67.0 Å². The molecule has 0 bridgehead atoms. The molecule has 0 aliphatic heterocycles. The van der Waals surface area contributed by atoms with E-state index in [1.54, 1.807) is 0 Å². The minimum atomic E-state index is -2.45. The van der Waals surface area contributed by atoms with E-state index in [1.165, 1.54) is 6.42 Å². The molecule has 0 heterocycles. The van der Waals surface area contributed by atoms with Crippen molar-refractivity contribution in [2.75, 3.05) is 0 Å². The van der Waals surface area contributed by atoms with Crippen molar-refractivity contribution in [3.63, 3.8) is 0 Å². The molecule has 4 heteroatoms. The molecule has 0 aromatic carbocycles. The molecular weight excluding hydrogens is 163 g/mol. The second kappa shape index (κ2) is 4.47. The van der Waals surface area contributed by atoms with Gasteiger partial charge in [0.1, 0.15) is 0 Å². The van der Waals surface area contributed by atoms with Crippen LogP contribution < -0.4 is 0 Å². The van der Waals surface area contributed by atoms with Gasteiger partial charge in [-0.2, -0.15) is 0 Å². The molecular formula is C7H12O3P+. The molecule has 3 nitrogen and oxygen atoms in total. The summed E-state index contributed by atoms with van der Waals surface area (Å²) in [6, 6.07) is 0. The molecule has 0 aromatic rings. The van der Waals surface area contributed by atoms with Gasteiger partial charge in [0.15, 0.2) is 5.76 Å². The van der Waals surface area contributed by atoms with E-state index in [1.807, 2.05) is 6.08 Å². The van der Waals surface area contributed by atoms with Crippen LogP contribution in [0.1, 0.15) is 32.1 Å².